The number of aromatic hydroxyl groups is 1. The zero-order chi connectivity index (χ0) is 23.0. The van der Waals surface area contributed by atoms with Crippen LogP contribution >= 0.6 is 0 Å². The van der Waals surface area contributed by atoms with Crippen LogP contribution in [0, 0.1) is 11.3 Å². The van der Waals surface area contributed by atoms with Gasteiger partial charge in [-0.25, -0.2) is 0 Å². The molecule has 1 atom stereocenters. The van der Waals surface area contributed by atoms with Crippen molar-refractivity contribution in [2.24, 2.45) is 5.92 Å². The highest BCUT2D eigenvalue weighted by molar-refractivity contribution is 6.00. The number of nitrogens with one attached hydrogen (secondary N) is 1. The summed E-state index contributed by atoms with van der Waals surface area (Å²) in [7, 11) is 0. The number of rotatable bonds is 5. The van der Waals surface area contributed by atoms with Crippen molar-refractivity contribution in [3.63, 3.8) is 0 Å². The highest BCUT2D eigenvalue weighted by Gasteiger charge is 2.31. The van der Waals surface area contributed by atoms with Gasteiger partial charge in [-0.3, -0.25) is 10.2 Å². The van der Waals surface area contributed by atoms with Gasteiger partial charge in [-0.15, -0.1) is 0 Å². The minimum absolute atomic E-state index is 0.00103. The van der Waals surface area contributed by atoms with Gasteiger partial charge in [0.1, 0.15) is 5.75 Å². The van der Waals surface area contributed by atoms with Gasteiger partial charge in [-0.05, 0) is 40.9 Å². The number of amidine groups is 1. The first-order valence-electron chi connectivity index (χ1n) is 11.1. The number of ketones is 1. The van der Waals surface area contributed by atoms with E-state index in [0.29, 0.717) is 23.7 Å². The summed E-state index contributed by atoms with van der Waals surface area (Å²) in [6.45, 7) is 13.2. The van der Waals surface area contributed by atoms with E-state index < -0.39 is 0 Å². The Morgan fingerprint density at radius 3 is 2.10 bits per heavy atom. The summed E-state index contributed by atoms with van der Waals surface area (Å²) < 4.78 is 0. The second-order valence-corrected chi connectivity index (χ2v) is 10.9. The van der Waals surface area contributed by atoms with E-state index in [4.69, 9.17) is 5.41 Å². The van der Waals surface area contributed by atoms with Crippen LogP contribution in [0.1, 0.15) is 75.0 Å². The molecule has 2 N–H and O–H groups in total. The Hall–Kier alpha value is -2.62. The predicted molar refractivity (Wildman–Crippen MR) is 127 cm³/mol. The number of hydrogen-bond acceptors (Lipinski definition) is 3. The van der Waals surface area contributed by atoms with E-state index in [1.165, 1.54) is 5.56 Å². The number of carbonyl (C=O) groups is 1. The number of Topliss-reactive ketones (excluding diaryl/α,β-unsaturated/α-hetero) is 1. The summed E-state index contributed by atoms with van der Waals surface area (Å²) in [4.78, 5) is 15.2. The molecular weight excluding hydrogens is 384 g/mol. The third kappa shape index (κ3) is 5.36. The van der Waals surface area contributed by atoms with Crippen LogP contribution in [0.15, 0.2) is 42.5 Å². The van der Waals surface area contributed by atoms with Crippen molar-refractivity contribution in [3.05, 3.63) is 64.7 Å². The molecule has 0 aromatic heterocycles. The van der Waals surface area contributed by atoms with E-state index in [1.54, 1.807) is 0 Å². The summed E-state index contributed by atoms with van der Waals surface area (Å²) in [6, 6.07) is 14.0. The normalized spacial score (nSPS) is 17.3. The third-order valence-electron chi connectivity index (χ3n) is 6.09. The molecule has 166 valence electrons. The van der Waals surface area contributed by atoms with Crippen LogP contribution in [0.3, 0.4) is 0 Å². The number of nitrogens with zero attached hydrogens (tertiary/aromatic N) is 1. The molecule has 0 amide bonds. The summed E-state index contributed by atoms with van der Waals surface area (Å²) in [5, 5.41) is 19.3. The van der Waals surface area contributed by atoms with Gasteiger partial charge in [-0.1, -0.05) is 71.9 Å². The van der Waals surface area contributed by atoms with Crippen molar-refractivity contribution in [2.45, 2.75) is 65.2 Å². The summed E-state index contributed by atoms with van der Waals surface area (Å²) in [5.41, 5.74) is 2.93. The Labute approximate surface area is 186 Å². The molecule has 0 bridgehead atoms. The van der Waals surface area contributed by atoms with Crippen molar-refractivity contribution < 1.29 is 9.90 Å². The first-order chi connectivity index (χ1) is 14.4. The van der Waals surface area contributed by atoms with E-state index in [2.05, 4.69) is 12.1 Å². The average molecular weight is 421 g/mol. The second-order valence-electron chi connectivity index (χ2n) is 10.9. The molecule has 0 spiro atoms. The molecule has 0 radical (unpaired) electrons. The van der Waals surface area contributed by atoms with Gasteiger partial charge >= 0.3 is 0 Å². The van der Waals surface area contributed by atoms with Gasteiger partial charge in [-0.2, -0.15) is 0 Å². The quantitative estimate of drug-likeness (QED) is 0.609. The molecular formula is C27H36N2O2. The Kier molecular flexibility index (Phi) is 6.31. The van der Waals surface area contributed by atoms with E-state index in [9.17, 15) is 9.90 Å². The lowest BCUT2D eigenvalue weighted by molar-refractivity contribution is 0.0963. The van der Waals surface area contributed by atoms with Gasteiger partial charge in [0.15, 0.2) is 5.78 Å². The van der Waals surface area contributed by atoms with Gasteiger partial charge in [0.25, 0.3) is 0 Å². The molecule has 1 saturated heterocycles. The molecule has 0 saturated carbocycles. The van der Waals surface area contributed by atoms with Crippen LogP contribution in [0.25, 0.3) is 0 Å². The lowest BCUT2D eigenvalue weighted by atomic mass is 9.78. The molecule has 1 unspecified atom stereocenters. The monoisotopic (exact) mass is 420 g/mol. The standard InChI is InChI=1S/C27H36N2O2/c1-26(2,3)21-14-20(15-22(25(21)31)27(4,5)6)23(30)17-29-16-19(13-24(29)28)12-18-10-8-7-9-11-18/h7-11,14-15,19,28,31H,12-13,16-17H2,1-6H3. The van der Waals surface area contributed by atoms with E-state index in [-0.39, 0.29) is 28.9 Å². The molecule has 1 fully saturated rings. The van der Waals surface area contributed by atoms with Crippen LogP contribution in [0.4, 0.5) is 0 Å². The average Bonchev–Trinajstić information content (AvgIpc) is 2.99. The largest absolute Gasteiger partial charge is 0.507 e. The maximum atomic E-state index is 13.3. The van der Waals surface area contributed by atoms with Crippen molar-refractivity contribution in [3.8, 4) is 5.75 Å². The van der Waals surface area contributed by atoms with E-state index in [0.717, 1.165) is 24.1 Å². The van der Waals surface area contributed by atoms with Crippen LogP contribution in [0.5, 0.6) is 5.75 Å². The Morgan fingerprint density at radius 1 is 1.03 bits per heavy atom. The molecule has 1 heterocycles. The lowest BCUT2D eigenvalue weighted by Crippen LogP contribution is -2.31. The summed E-state index contributed by atoms with van der Waals surface area (Å²) in [5.74, 6) is 1.19. The number of hydrogen-bond donors (Lipinski definition) is 2. The van der Waals surface area contributed by atoms with Crippen LogP contribution < -0.4 is 0 Å². The lowest BCUT2D eigenvalue weighted by Gasteiger charge is -2.28. The Morgan fingerprint density at radius 2 is 1.58 bits per heavy atom. The number of likely N-dealkylation sites (tertiary alicyclic amines) is 1. The molecule has 0 aliphatic carbocycles. The van der Waals surface area contributed by atoms with Crippen LogP contribution in [-0.4, -0.2) is 34.7 Å². The van der Waals surface area contributed by atoms with Crippen molar-refractivity contribution >= 4 is 11.6 Å². The third-order valence-corrected chi connectivity index (χ3v) is 6.09. The topological polar surface area (TPSA) is 64.4 Å². The number of phenols is 1. The maximum absolute atomic E-state index is 13.3. The van der Waals surface area contributed by atoms with Gasteiger partial charge in [0.05, 0.1) is 12.4 Å². The minimum atomic E-state index is -0.276. The fraction of sp³-hybridized carbons (Fsp3) is 0.481. The van der Waals surface area contributed by atoms with Crippen LogP contribution in [0.2, 0.25) is 0 Å². The second kappa shape index (κ2) is 8.49. The van der Waals surface area contributed by atoms with Crippen molar-refractivity contribution in [1.82, 2.24) is 4.90 Å². The first kappa shape index (κ1) is 23.1. The molecule has 4 nitrogen and oxygen atoms in total. The van der Waals surface area contributed by atoms with Crippen molar-refractivity contribution in [1.29, 1.82) is 5.41 Å². The number of benzene rings is 2. The summed E-state index contributed by atoms with van der Waals surface area (Å²) >= 11 is 0. The van der Waals surface area contributed by atoms with E-state index in [1.807, 2.05) is 76.8 Å². The fourth-order valence-corrected chi connectivity index (χ4v) is 4.34. The SMILES string of the molecule is CC(C)(C)c1cc(C(=O)CN2CC(Cc3ccccc3)CC2=N)cc(C(C)(C)C)c1O. The molecule has 4 heteroatoms. The minimum Gasteiger partial charge on any atom is -0.507 e. The number of phenolic OH excluding ortho intramolecular Hbond substituents is 1. The van der Waals surface area contributed by atoms with Gasteiger partial charge in [0.2, 0.25) is 0 Å². The summed E-state index contributed by atoms with van der Waals surface area (Å²) in [6.07, 6.45) is 1.63. The number of carbonyl (C=O) groups excluding carboxylic acids is 1. The van der Waals surface area contributed by atoms with Gasteiger partial charge < -0.3 is 10.0 Å². The van der Waals surface area contributed by atoms with Crippen LogP contribution in [-0.2, 0) is 17.3 Å². The van der Waals surface area contributed by atoms with Crippen molar-refractivity contribution in [2.75, 3.05) is 13.1 Å². The molecule has 1 aliphatic heterocycles. The maximum Gasteiger partial charge on any atom is 0.182 e. The Bertz CT molecular complexity index is 930. The zero-order valence-electron chi connectivity index (χ0n) is 19.7. The highest BCUT2D eigenvalue weighted by atomic mass is 16.3. The molecule has 2 aromatic rings. The molecule has 31 heavy (non-hydrogen) atoms. The fourth-order valence-electron chi connectivity index (χ4n) is 4.34. The first-order valence-corrected chi connectivity index (χ1v) is 11.1. The Balaban J connectivity index is 1.80. The predicted octanol–water partition coefficient (Wildman–Crippen LogP) is 5.71. The smallest absolute Gasteiger partial charge is 0.182 e. The zero-order valence-corrected chi connectivity index (χ0v) is 19.7. The molecule has 3 rings (SSSR count). The highest BCUT2D eigenvalue weighted by Crippen LogP contribution is 2.40. The molecule has 1 aliphatic rings. The van der Waals surface area contributed by atoms with E-state index >= 15 is 0 Å². The van der Waals surface area contributed by atoms with Gasteiger partial charge in [0, 0.05) is 29.7 Å². The molecule has 2 aromatic carbocycles.